The number of carbonyl (C=O) groups is 1. The third-order valence-electron chi connectivity index (χ3n) is 1.71. The quantitative estimate of drug-likeness (QED) is 0.714. The summed E-state index contributed by atoms with van der Waals surface area (Å²) in [7, 11) is 0. The summed E-state index contributed by atoms with van der Waals surface area (Å²) in [4.78, 5) is 10.8. The summed E-state index contributed by atoms with van der Waals surface area (Å²) < 4.78 is 36.4. The minimum Gasteiger partial charge on any atom is -0.507 e. The van der Waals surface area contributed by atoms with Crippen LogP contribution in [0, 0.1) is 0 Å². The predicted octanol–water partition coefficient (Wildman–Crippen LogP) is 2.61. The number of phenols is 1. The van der Waals surface area contributed by atoms with Crippen molar-refractivity contribution in [3.05, 3.63) is 29.3 Å². The van der Waals surface area contributed by atoms with Crippen molar-refractivity contribution in [3.63, 3.8) is 0 Å². The molecule has 14 heavy (non-hydrogen) atoms. The van der Waals surface area contributed by atoms with Crippen LogP contribution in [0.4, 0.5) is 13.2 Å². The van der Waals surface area contributed by atoms with Gasteiger partial charge in [-0.25, -0.2) is 0 Å². The molecule has 0 amide bonds. The molecule has 0 unspecified atom stereocenters. The van der Waals surface area contributed by atoms with E-state index in [2.05, 4.69) is 0 Å². The molecule has 0 saturated heterocycles. The van der Waals surface area contributed by atoms with Crippen LogP contribution in [-0.4, -0.2) is 10.9 Å². The normalized spacial score (nSPS) is 11.4. The van der Waals surface area contributed by atoms with Gasteiger partial charge >= 0.3 is 6.18 Å². The van der Waals surface area contributed by atoms with Crippen LogP contribution in [0.2, 0.25) is 0 Å². The summed E-state index contributed by atoms with van der Waals surface area (Å²) in [6.07, 6.45) is -4.60. The molecule has 0 aliphatic heterocycles. The summed E-state index contributed by atoms with van der Waals surface area (Å²) in [5.74, 6) is -1.32. The SMILES string of the molecule is CC(=O)c1ccc(C(F)(F)F)c(O)c1. The van der Waals surface area contributed by atoms with E-state index in [-0.39, 0.29) is 5.56 Å². The molecule has 1 aromatic carbocycles. The molecule has 5 heteroatoms. The summed E-state index contributed by atoms with van der Waals surface area (Å²) in [5.41, 5.74) is -1.09. The fraction of sp³-hybridized carbons (Fsp3) is 0.222. The molecule has 0 fully saturated rings. The molecule has 0 atom stereocenters. The molecule has 76 valence electrons. The summed E-state index contributed by atoms with van der Waals surface area (Å²) in [6, 6.07) is 2.53. The fourth-order valence-electron chi connectivity index (χ4n) is 0.990. The van der Waals surface area contributed by atoms with Crippen LogP contribution in [0.15, 0.2) is 18.2 Å². The third kappa shape index (κ3) is 2.04. The molecule has 0 heterocycles. The Hall–Kier alpha value is -1.52. The molecule has 2 nitrogen and oxygen atoms in total. The van der Waals surface area contributed by atoms with E-state index in [9.17, 15) is 18.0 Å². The maximum atomic E-state index is 12.1. The number of ketones is 1. The van der Waals surface area contributed by atoms with Gasteiger partial charge in [-0.2, -0.15) is 13.2 Å². The Bertz CT molecular complexity index is 369. The van der Waals surface area contributed by atoms with Crippen molar-refractivity contribution >= 4 is 5.78 Å². The van der Waals surface area contributed by atoms with Gasteiger partial charge in [0.15, 0.2) is 5.78 Å². The minimum atomic E-state index is -4.60. The number of halogens is 3. The lowest BCUT2D eigenvalue weighted by Gasteiger charge is -2.08. The summed E-state index contributed by atoms with van der Waals surface area (Å²) in [5, 5.41) is 9.00. The van der Waals surface area contributed by atoms with Crippen molar-refractivity contribution in [2.45, 2.75) is 13.1 Å². The minimum absolute atomic E-state index is 0.0514. The van der Waals surface area contributed by atoms with Gasteiger partial charge in [0, 0.05) is 5.56 Å². The highest BCUT2D eigenvalue weighted by molar-refractivity contribution is 5.94. The van der Waals surface area contributed by atoms with Gasteiger partial charge in [-0.15, -0.1) is 0 Å². The molecule has 0 aromatic heterocycles. The molecular weight excluding hydrogens is 197 g/mol. The van der Waals surface area contributed by atoms with Crippen molar-refractivity contribution < 1.29 is 23.1 Å². The van der Waals surface area contributed by atoms with E-state index < -0.39 is 23.3 Å². The van der Waals surface area contributed by atoms with Crippen molar-refractivity contribution in [2.75, 3.05) is 0 Å². The fourth-order valence-corrected chi connectivity index (χ4v) is 0.990. The van der Waals surface area contributed by atoms with Crippen molar-refractivity contribution in [1.29, 1.82) is 0 Å². The lowest BCUT2D eigenvalue weighted by atomic mass is 10.1. The first-order valence-electron chi connectivity index (χ1n) is 3.73. The largest absolute Gasteiger partial charge is 0.507 e. The molecular formula is C9H7F3O2. The van der Waals surface area contributed by atoms with Crippen molar-refractivity contribution in [2.24, 2.45) is 0 Å². The Morgan fingerprint density at radius 1 is 1.36 bits per heavy atom. The van der Waals surface area contributed by atoms with Crippen molar-refractivity contribution in [3.8, 4) is 5.75 Å². The van der Waals surface area contributed by atoms with E-state index in [4.69, 9.17) is 5.11 Å². The second kappa shape index (κ2) is 3.32. The van der Waals surface area contributed by atoms with Gasteiger partial charge in [0.25, 0.3) is 0 Å². The van der Waals surface area contributed by atoms with Crippen LogP contribution in [0.1, 0.15) is 22.8 Å². The first-order valence-corrected chi connectivity index (χ1v) is 3.73. The van der Waals surface area contributed by atoms with Crippen LogP contribution >= 0.6 is 0 Å². The van der Waals surface area contributed by atoms with E-state index >= 15 is 0 Å². The van der Waals surface area contributed by atoms with Gasteiger partial charge in [-0.05, 0) is 19.1 Å². The molecule has 0 aliphatic carbocycles. The molecule has 1 rings (SSSR count). The number of alkyl halides is 3. The Morgan fingerprint density at radius 3 is 2.29 bits per heavy atom. The average molecular weight is 204 g/mol. The molecule has 0 saturated carbocycles. The van der Waals surface area contributed by atoms with Gasteiger partial charge in [0.2, 0.25) is 0 Å². The second-order valence-corrected chi connectivity index (χ2v) is 2.79. The molecule has 1 aromatic rings. The van der Waals surface area contributed by atoms with Crippen LogP contribution in [0.5, 0.6) is 5.75 Å². The first kappa shape index (κ1) is 10.6. The number of benzene rings is 1. The topological polar surface area (TPSA) is 37.3 Å². The highest BCUT2D eigenvalue weighted by atomic mass is 19.4. The second-order valence-electron chi connectivity index (χ2n) is 2.79. The van der Waals surface area contributed by atoms with E-state index in [0.29, 0.717) is 6.07 Å². The van der Waals surface area contributed by atoms with Crippen molar-refractivity contribution in [1.82, 2.24) is 0 Å². The van der Waals surface area contributed by atoms with Gasteiger partial charge in [-0.3, -0.25) is 4.79 Å². The number of phenolic OH excluding ortho intramolecular Hbond substituents is 1. The van der Waals surface area contributed by atoms with Crippen LogP contribution in [0.3, 0.4) is 0 Å². The lowest BCUT2D eigenvalue weighted by Crippen LogP contribution is -2.06. The van der Waals surface area contributed by atoms with E-state index in [0.717, 1.165) is 12.1 Å². The van der Waals surface area contributed by atoms with Gasteiger partial charge in [0.05, 0.1) is 5.56 Å². The highest BCUT2D eigenvalue weighted by Crippen LogP contribution is 2.35. The molecule has 0 aliphatic rings. The number of Topliss-reactive ketones (excluding diaryl/α,β-unsaturated/α-hetero) is 1. The predicted molar refractivity (Wildman–Crippen MR) is 43.1 cm³/mol. The Labute approximate surface area is 78.0 Å². The molecule has 0 spiro atoms. The van der Waals surface area contributed by atoms with Gasteiger partial charge in [-0.1, -0.05) is 6.07 Å². The van der Waals surface area contributed by atoms with E-state index in [1.54, 1.807) is 0 Å². The number of rotatable bonds is 1. The zero-order valence-electron chi connectivity index (χ0n) is 7.22. The maximum Gasteiger partial charge on any atom is 0.419 e. The Balaban J connectivity index is 3.21. The number of aromatic hydroxyl groups is 1. The Kier molecular flexibility index (Phi) is 2.51. The zero-order valence-corrected chi connectivity index (χ0v) is 7.22. The van der Waals surface area contributed by atoms with Gasteiger partial charge < -0.3 is 5.11 Å². The highest BCUT2D eigenvalue weighted by Gasteiger charge is 2.33. The van der Waals surface area contributed by atoms with Gasteiger partial charge in [0.1, 0.15) is 5.75 Å². The number of hydrogen-bond acceptors (Lipinski definition) is 2. The Morgan fingerprint density at radius 2 is 1.93 bits per heavy atom. The third-order valence-corrected chi connectivity index (χ3v) is 1.71. The molecule has 1 N–H and O–H groups in total. The smallest absolute Gasteiger partial charge is 0.419 e. The average Bonchev–Trinajstić information content (AvgIpc) is 2.01. The standard InChI is InChI=1S/C9H7F3O2/c1-5(13)6-2-3-7(8(14)4-6)9(10,11)12/h2-4,14H,1H3. The van der Waals surface area contributed by atoms with Crippen LogP contribution < -0.4 is 0 Å². The monoisotopic (exact) mass is 204 g/mol. The summed E-state index contributed by atoms with van der Waals surface area (Å²) in [6.45, 7) is 1.21. The zero-order chi connectivity index (χ0) is 10.9. The van der Waals surface area contributed by atoms with Crippen LogP contribution in [-0.2, 0) is 6.18 Å². The van der Waals surface area contributed by atoms with E-state index in [1.807, 2.05) is 0 Å². The summed E-state index contributed by atoms with van der Waals surface area (Å²) >= 11 is 0. The molecule has 0 radical (unpaired) electrons. The van der Waals surface area contributed by atoms with E-state index in [1.165, 1.54) is 6.92 Å². The lowest BCUT2D eigenvalue weighted by molar-refractivity contribution is -0.138. The first-order chi connectivity index (χ1) is 6.32. The number of carbonyl (C=O) groups excluding carboxylic acids is 1. The maximum absolute atomic E-state index is 12.1. The molecule has 0 bridgehead atoms. The number of hydrogen-bond donors (Lipinski definition) is 1. The van der Waals surface area contributed by atoms with Crippen LogP contribution in [0.25, 0.3) is 0 Å².